The molecule has 0 saturated carbocycles. The number of nitrogens with zero attached hydrogens (tertiary/aromatic N) is 2. The maximum atomic E-state index is 5.97. The van der Waals surface area contributed by atoms with Crippen molar-refractivity contribution in [2.24, 2.45) is 11.7 Å². The maximum Gasteiger partial charge on any atom is 0.228 e. The van der Waals surface area contributed by atoms with Gasteiger partial charge in [0.15, 0.2) is 5.82 Å². The average Bonchev–Trinajstić information content (AvgIpc) is 2.73. The molecule has 17 heavy (non-hydrogen) atoms. The summed E-state index contributed by atoms with van der Waals surface area (Å²) < 4.78 is 5.20. The molecule has 0 bridgehead atoms. The molecule has 0 aromatic carbocycles. The predicted molar refractivity (Wildman–Crippen MR) is 71.9 cm³/mol. The lowest BCUT2D eigenvalue weighted by Crippen LogP contribution is -2.28. The fourth-order valence-corrected chi connectivity index (χ4v) is 1.99. The van der Waals surface area contributed by atoms with E-state index in [0.29, 0.717) is 23.5 Å². The molecule has 1 rings (SSSR count). The summed E-state index contributed by atoms with van der Waals surface area (Å²) in [5.41, 5.74) is 5.97. The van der Waals surface area contributed by atoms with E-state index in [9.17, 15) is 0 Å². The fourth-order valence-electron chi connectivity index (χ4n) is 1.20. The molecule has 0 saturated heterocycles. The number of hydrogen-bond acceptors (Lipinski definition) is 5. The van der Waals surface area contributed by atoms with Crippen molar-refractivity contribution in [3.05, 3.63) is 11.7 Å². The molecular formula is C12H23N3OS. The minimum Gasteiger partial charge on any atom is -0.339 e. The summed E-state index contributed by atoms with van der Waals surface area (Å²) in [5.74, 6) is 2.68. The van der Waals surface area contributed by atoms with E-state index in [-0.39, 0.29) is 6.04 Å². The Labute approximate surface area is 108 Å². The fraction of sp³-hybridized carbons (Fsp3) is 0.833. The first-order valence-electron chi connectivity index (χ1n) is 6.21. The Morgan fingerprint density at radius 3 is 2.65 bits per heavy atom. The molecule has 2 N–H and O–H groups in total. The topological polar surface area (TPSA) is 64.9 Å². The van der Waals surface area contributed by atoms with Crippen LogP contribution in [0.4, 0.5) is 0 Å². The van der Waals surface area contributed by atoms with Crippen LogP contribution in [0.15, 0.2) is 4.52 Å². The molecule has 2 unspecified atom stereocenters. The van der Waals surface area contributed by atoms with Gasteiger partial charge in [-0.2, -0.15) is 16.7 Å². The number of aromatic nitrogens is 2. The van der Waals surface area contributed by atoms with Crippen molar-refractivity contribution in [1.29, 1.82) is 0 Å². The summed E-state index contributed by atoms with van der Waals surface area (Å²) in [6, 6.07) is 0.0884. The van der Waals surface area contributed by atoms with Gasteiger partial charge in [0.2, 0.25) is 5.89 Å². The zero-order valence-corrected chi connectivity index (χ0v) is 12.0. The van der Waals surface area contributed by atoms with Crippen LogP contribution in [0, 0.1) is 5.92 Å². The monoisotopic (exact) mass is 257 g/mol. The molecular weight excluding hydrogens is 234 g/mol. The molecule has 5 heteroatoms. The van der Waals surface area contributed by atoms with Gasteiger partial charge in [-0.05, 0) is 12.3 Å². The third-order valence-corrected chi connectivity index (χ3v) is 4.18. The minimum atomic E-state index is 0.0884. The van der Waals surface area contributed by atoms with Crippen molar-refractivity contribution >= 4 is 11.8 Å². The van der Waals surface area contributed by atoms with Crippen molar-refractivity contribution in [2.45, 2.75) is 57.6 Å². The lowest BCUT2D eigenvalue weighted by atomic mass is 10.0. The number of hydrogen-bond donors (Lipinski definition) is 1. The van der Waals surface area contributed by atoms with E-state index in [1.54, 1.807) is 0 Å². The minimum absolute atomic E-state index is 0.0884. The molecule has 1 aromatic rings. The van der Waals surface area contributed by atoms with Crippen LogP contribution in [0.5, 0.6) is 0 Å². The SMILES string of the molecule is CCC(C)SCc1noc(CC(N)C(C)C)n1. The summed E-state index contributed by atoms with van der Waals surface area (Å²) >= 11 is 1.85. The molecule has 4 nitrogen and oxygen atoms in total. The standard InChI is InChI=1S/C12H23N3OS/c1-5-9(4)17-7-11-14-12(16-15-11)6-10(13)8(2)3/h8-10H,5-7,13H2,1-4H3. The maximum absolute atomic E-state index is 5.97. The Kier molecular flexibility index (Phi) is 5.98. The molecule has 0 fully saturated rings. The van der Waals surface area contributed by atoms with Crippen LogP contribution in [-0.4, -0.2) is 21.4 Å². The average molecular weight is 257 g/mol. The van der Waals surface area contributed by atoms with E-state index in [1.165, 1.54) is 0 Å². The largest absolute Gasteiger partial charge is 0.339 e. The van der Waals surface area contributed by atoms with Gasteiger partial charge < -0.3 is 10.3 Å². The van der Waals surface area contributed by atoms with E-state index >= 15 is 0 Å². The lowest BCUT2D eigenvalue weighted by molar-refractivity contribution is 0.350. The lowest BCUT2D eigenvalue weighted by Gasteiger charge is -2.11. The third-order valence-electron chi connectivity index (χ3n) is 2.85. The first-order valence-corrected chi connectivity index (χ1v) is 7.26. The highest BCUT2D eigenvalue weighted by molar-refractivity contribution is 7.99. The van der Waals surface area contributed by atoms with Crippen LogP contribution in [0.25, 0.3) is 0 Å². The van der Waals surface area contributed by atoms with Crippen molar-refractivity contribution in [3.63, 3.8) is 0 Å². The summed E-state index contributed by atoms with van der Waals surface area (Å²) in [4.78, 5) is 4.36. The Hall–Kier alpha value is -0.550. The first kappa shape index (κ1) is 14.5. The van der Waals surface area contributed by atoms with Gasteiger partial charge in [-0.25, -0.2) is 0 Å². The highest BCUT2D eigenvalue weighted by atomic mass is 32.2. The Balaban J connectivity index is 2.42. The van der Waals surface area contributed by atoms with Gasteiger partial charge in [-0.3, -0.25) is 0 Å². The van der Waals surface area contributed by atoms with Crippen LogP contribution >= 0.6 is 11.8 Å². The van der Waals surface area contributed by atoms with Crippen molar-refractivity contribution < 1.29 is 4.52 Å². The Morgan fingerprint density at radius 2 is 2.06 bits per heavy atom. The van der Waals surface area contributed by atoms with Crippen LogP contribution < -0.4 is 5.73 Å². The van der Waals surface area contributed by atoms with Gasteiger partial charge in [0, 0.05) is 17.7 Å². The van der Waals surface area contributed by atoms with Crippen LogP contribution in [0.2, 0.25) is 0 Å². The normalized spacial score (nSPS) is 15.2. The first-order chi connectivity index (χ1) is 8.02. The van der Waals surface area contributed by atoms with Gasteiger partial charge in [0.05, 0.1) is 5.75 Å². The van der Waals surface area contributed by atoms with E-state index < -0.39 is 0 Å². The molecule has 0 amide bonds. The van der Waals surface area contributed by atoms with Crippen molar-refractivity contribution in [3.8, 4) is 0 Å². The molecule has 0 aliphatic heterocycles. The third kappa shape index (κ3) is 5.08. The van der Waals surface area contributed by atoms with E-state index in [4.69, 9.17) is 10.3 Å². The van der Waals surface area contributed by atoms with E-state index in [2.05, 4.69) is 37.8 Å². The second kappa shape index (κ2) is 7.01. The van der Waals surface area contributed by atoms with Gasteiger partial charge in [0.25, 0.3) is 0 Å². The van der Waals surface area contributed by atoms with Crippen LogP contribution in [0.1, 0.15) is 45.8 Å². The smallest absolute Gasteiger partial charge is 0.228 e. The molecule has 0 aliphatic carbocycles. The van der Waals surface area contributed by atoms with Gasteiger partial charge in [-0.1, -0.05) is 32.9 Å². The highest BCUT2D eigenvalue weighted by Gasteiger charge is 2.14. The number of thioether (sulfide) groups is 1. The molecule has 98 valence electrons. The Bertz CT molecular complexity index is 327. The predicted octanol–water partition coefficient (Wildman–Crippen LogP) is 2.63. The summed E-state index contributed by atoms with van der Waals surface area (Å²) in [7, 11) is 0. The molecule has 2 atom stereocenters. The zero-order chi connectivity index (χ0) is 12.8. The van der Waals surface area contributed by atoms with Gasteiger partial charge >= 0.3 is 0 Å². The van der Waals surface area contributed by atoms with Crippen molar-refractivity contribution in [1.82, 2.24) is 10.1 Å². The van der Waals surface area contributed by atoms with Crippen LogP contribution in [0.3, 0.4) is 0 Å². The van der Waals surface area contributed by atoms with Crippen LogP contribution in [-0.2, 0) is 12.2 Å². The Morgan fingerprint density at radius 1 is 1.35 bits per heavy atom. The molecule has 0 spiro atoms. The number of nitrogens with two attached hydrogens (primary N) is 1. The summed E-state index contributed by atoms with van der Waals surface area (Å²) in [6.07, 6.45) is 1.83. The number of rotatable bonds is 7. The second-order valence-electron chi connectivity index (χ2n) is 4.75. The van der Waals surface area contributed by atoms with E-state index in [0.717, 1.165) is 18.0 Å². The van der Waals surface area contributed by atoms with Gasteiger partial charge in [0.1, 0.15) is 0 Å². The summed E-state index contributed by atoms with van der Waals surface area (Å²) in [6.45, 7) is 8.59. The van der Waals surface area contributed by atoms with Crippen molar-refractivity contribution in [2.75, 3.05) is 0 Å². The molecule has 0 aliphatic rings. The summed E-state index contributed by atoms with van der Waals surface area (Å²) in [5, 5.41) is 4.61. The highest BCUT2D eigenvalue weighted by Crippen LogP contribution is 2.18. The van der Waals surface area contributed by atoms with E-state index in [1.807, 2.05) is 11.8 Å². The molecule has 0 radical (unpaired) electrons. The molecule has 1 aromatic heterocycles. The molecule has 1 heterocycles. The second-order valence-corrected chi connectivity index (χ2v) is 6.17. The quantitative estimate of drug-likeness (QED) is 0.813. The zero-order valence-electron chi connectivity index (χ0n) is 11.1. The van der Waals surface area contributed by atoms with Gasteiger partial charge in [-0.15, -0.1) is 0 Å².